The maximum atomic E-state index is 13.0. The topological polar surface area (TPSA) is 75.9 Å². The van der Waals surface area contributed by atoms with E-state index in [0.717, 1.165) is 46.9 Å². The number of benzene rings is 2. The van der Waals surface area contributed by atoms with Crippen molar-refractivity contribution in [3.05, 3.63) is 77.2 Å². The first kappa shape index (κ1) is 20.7. The van der Waals surface area contributed by atoms with Gasteiger partial charge < -0.3 is 14.5 Å². The van der Waals surface area contributed by atoms with Gasteiger partial charge >= 0.3 is 0 Å². The molecule has 1 aromatic heterocycles. The molecule has 0 bridgehead atoms. The van der Waals surface area contributed by atoms with Gasteiger partial charge in [0.15, 0.2) is 5.76 Å². The van der Waals surface area contributed by atoms with Crippen LogP contribution in [0.1, 0.15) is 47.7 Å². The molecule has 31 heavy (non-hydrogen) atoms. The number of methoxy groups -OCH3 is 1. The fourth-order valence-electron chi connectivity index (χ4n) is 3.93. The Hall–Kier alpha value is -3.54. The summed E-state index contributed by atoms with van der Waals surface area (Å²) in [7, 11) is 1.61. The summed E-state index contributed by atoms with van der Waals surface area (Å²) in [5.41, 5.74) is 7.37. The number of nitrogens with zero attached hydrogens (tertiary/aromatic N) is 1. The maximum Gasteiger partial charge on any atom is 0.291 e. The number of carbonyl (C=O) groups is 1. The number of amides is 1. The molecular formula is C25H27N3O3. The number of anilines is 2. The Kier molecular flexibility index (Phi) is 5.55. The molecule has 1 heterocycles. The van der Waals surface area contributed by atoms with E-state index in [-0.39, 0.29) is 11.3 Å². The third-order valence-electron chi connectivity index (χ3n) is 5.44. The largest absolute Gasteiger partial charge is 0.497 e. The highest BCUT2D eigenvalue weighted by atomic mass is 16.5. The van der Waals surface area contributed by atoms with Crippen LogP contribution in [0.15, 0.2) is 64.1 Å². The standard InChI is InChI=1S/C25H27N3O3/c1-16-22-20(28-27-18-8-6-5-7-9-18)14-25(2,3)15-21(22)31-23(16)24(29)26-17-10-12-19(30-4)13-11-17/h5-13,27H,14-15H2,1-4H3,(H,26,29)/b28-20-. The van der Waals surface area contributed by atoms with Crippen molar-refractivity contribution in [1.82, 2.24) is 0 Å². The van der Waals surface area contributed by atoms with Gasteiger partial charge in [-0.3, -0.25) is 10.2 Å². The van der Waals surface area contributed by atoms with Crippen molar-refractivity contribution in [2.75, 3.05) is 17.9 Å². The van der Waals surface area contributed by atoms with E-state index in [4.69, 9.17) is 9.15 Å². The molecule has 0 fully saturated rings. The lowest BCUT2D eigenvalue weighted by Gasteiger charge is -2.29. The Labute approximate surface area is 182 Å². The average Bonchev–Trinajstić information content (AvgIpc) is 3.08. The maximum absolute atomic E-state index is 13.0. The van der Waals surface area contributed by atoms with Gasteiger partial charge in [0.25, 0.3) is 5.91 Å². The highest BCUT2D eigenvalue weighted by molar-refractivity contribution is 6.09. The zero-order valence-electron chi connectivity index (χ0n) is 18.3. The zero-order valence-corrected chi connectivity index (χ0v) is 18.3. The molecule has 6 heteroatoms. The third-order valence-corrected chi connectivity index (χ3v) is 5.44. The number of hydrogen-bond acceptors (Lipinski definition) is 5. The number of hydrazone groups is 1. The van der Waals surface area contributed by atoms with E-state index in [1.54, 1.807) is 31.4 Å². The summed E-state index contributed by atoms with van der Waals surface area (Å²) < 4.78 is 11.3. The molecule has 3 aromatic rings. The smallest absolute Gasteiger partial charge is 0.291 e. The summed E-state index contributed by atoms with van der Waals surface area (Å²) in [5.74, 6) is 1.59. The average molecular weight is 418 g/mol. The zero-order chi connectivity index (χ0) is 22.0. The number of ether oxygens (including phenoxy) is 1. The minimum atomic E-state index is -0.273. The van der Waals surface area contributed by atoms with Crippen LogP contribution < -0.4 is 15.5 Å². The molecule has 1 aliphatic carbocycles. The predicted octanol–water partition coefficient (Wildman–Crippen LogP) is 5.64. The normalized spacial score (nSPS) is 15.9. The van der Waals surface area contributed by atoms with Crippen molar-refractivity contribution in [3.63, 3.8) is 0 Å². The van der Waals surface area contributed by atoms with Crippen LogP contribution in [0.5, 0.6) is 5.75 Å². The number of carbonyl (C=O) groups excluding carboxylic acids is 1. The van der Waals surface area contributed by atoms with Gasteiger partial charge in [-0.1, -0.05) is 32.0 Å². The van der Waals surface area contributed by atoms with E-state index < -0.39 is 0 Å². The van der Waals surface area contributed by atoms with E-state index in [1.165, 1.54) is 0 Å². The summed E-state index contributed by atoms with van der Waals surface area (Å²) in [5, 5.41) is 7.60. The highest BCUT2D eigenvalue weighted by Crippen LogP contribution is 2.39. The summed E-state index contributed by atoms with van der Waals surface area (Å²) in [6.07, 6.45) is 1.54. The Morgan fingerprint density at radius 3 is 2.42 bits per heavy atom. The fourth-order valence-corrected chi connectivity index (χ4v) is 3.93. The van der Waals surface area contributed by atoms with Gasteiger partial charge in [-0.25, -0.2) is 0 Å². The molecular weight excluding hydrogens is 390 g/mol. The SMILES string of the molecule is COc1ccc(NC(=O)c2oc3c(c2C)/C(=N\Nc2ccccc2)CC(C)(C)C3)cc1. The number of para-hydroxylation sites is 1. The summed E-state index contributed by atoms with van der Waals surface area (Å²) >= 11 is 0. The van der Waals surface area contributed by atoms with E-state index in [0.29, 0.717) is 11.4 Å². The Morgan fingerprint density at radius 1 is 1.03 bits per heavy atom. The van der Waals surface area contributed by atoms with Crippen LogP contribution in [0.2, 0.25) is 0 Å². The molecule has 0 saturated carbocycles. The van der Waals surface area contributed by atoms with Crippen LogP contribution in [0, 0.1) is 12.3 Å². The van der Waals surface area contributed by atoms with Gasteiger partial charge in [0.05, 0.1) is 18.5 Å². The number of rotatable bonds is 5. The van der Waals surface area contributed by atoms with Gasteiger partial charge in [0.2, 0.25) is 0 Å². The van der Waals surface area contributed by atoms with Crippen LogP contribution in [-0.4, -0.2) is 18.7 Å². The number of hydrogen-bond donors (Lipinski definition) is 2. The first-order valence-electron chi connectivity index (χ1n) is 10.3. The minimum Gasteiger partial charge on any atom is -0.497 e. The van der Waals surface area contributed by atoms with Crippen LogP contribution in [0.3, 0.4) is 0 Å². The Morgan fingerprint density at radius 2 is 1.74 bits per heavy atom. The molecule has 1 amide bonds. The van der Waals surface area contributed by atoms with Gasteiger partial charge in [0, 0.05) is 23.2 Å². The van der Waals surface area contributed by atoms with E-state index in [2.05, 4.69) is 29.7 Å². The van der Waals surface area contributed by atoms with E-state index in [1.807, 2.05) is 37.3 Å². The molecule has 0 spiro atoms. The number of fused-ring (bicyclic) bond motifs is 1. The monoisotopic (exact) mass is 417 g/mol. The second-order valence-electron chi connectivity index (χ2n) is 8.59. The van der Waals surface area contributed by atoms with Crippen LogP contribution >= 0.6 is 0 Å². The molecule has 0 unspecified atom stereocenters. The molecule has 0 saturated heterocycles. The lowest BCUT2D eigenvalue weighted by Crippen LogP contribution is -2.27. The molecule has 1 aliphatic rings. The van der Waals surface area contributed by atoms with Crippen LogP contribution in [0.4, 0.5) is 11.4 Å². The van der Waals surface area contributed by atoms with Gasteiger partial charge in [0.1, 0.15) is 11.5 Å². The van der Waals surface area contributed by atoms with Gasteiger partial charge in [-0.2, -0.15) is 5.10 Å². The quantitative estimate of drug-likeness (QED) is 0.527. The van der Waals surface area contributed by atoms with Crippen LogP contribution in [0.25, 0.3) is 0 Å². The van der Waals surface area contributed by atoms with Gasteiger partial charge in [-0.05, 0) is 55.2 Å². The molecule has 160 valence electrons. The third kappa shape index (κ3) is 4.48. The fraction of sp³-hybridized carbons (Fsp3) is 0.280. The second-order valence-corrected chi connectivity index (χ2v) is 8.59. The molecule has 2 aromatic carbocycles. The van der Waals surface area contributed by atoms with Crippen molar-refractivity contribution in [1.29, 1.82) is 0 Å². The summed E-state index contributed by atoms with van der Waals surface area (Å²) in [4.78, 5) is 13.0. The predicted molar refractivity (Wildman–Crippen MR) is 123 cm³/mol. The van der Waals surface area contributed by atoms with Crippen molar-refractivity contribution < 1.29 is 13.9 Å². The number of furan rings is 1. The first-order chi connectivity index (χ1) is 14.9. The second kappa shape index (κ2) is 8.30. The molecule has 0 atom stereocenters. The van der Waals surface area contributed by atoms with E-state index in [9.17, 15) is 4.79 Å². The number of nitrogens with one attached hydrogen (secondary N) is 2. The lowest BCUT2D eigenvalue weighted by atomic mass is 9.75. The molecule has 4 rings (SSSR count). The molecule has 6 nitrogen and oxygen atoms in total. The van der Waals surface area contributed by atoms with Crippen molar-refractivity contribution in [2.24, 2.45) is 10.5 Å². The van der Waals surface area contributed by atoms with E-state index >= 15 is 0 Å². The minimum absolute atomic E-state index is 0.0157. The highest BCUT2D eigenvalue weighted by Gasteiger charge is 2.36. The Bertz CT molecular complexity index is 1110. The Balaban J connectivity index is 1.63. The molecule has 2 N–H and O–H groups in total. The van der Waals surface area contributed by atoms with Crippen molar-refractivity contribution in [2.45, 2.75) is 33.6 Å². The van der Waals surface area contributed by atoms with Crippen LogP contribution in [-0.2, 0) is 6.42 Å². The van der Waals surface area contributed by atoms with Gasteiger partial charge in [-0.15, -0.1) is 0 Å². The summed E-state index contributed by atoms with van der Waals surface area (Å²) in [6, 6.07) is 17.0. The lowest BCUT2D eigenvalue weighted by molar-refractivity contribution is 0.0993. The summed E-state index contributed by atoms with van der Waals surface area (Å²) in [6.45, 7) is 6.29. The molecule has 0 radical (unpaired) electrons. The molecule has 0 aliphatic heterocycles. The first-order valence-corrected chi connectivity index (χ1v) is 10.3. The van der Waals surface area contributed by atoms with Crippen molar-refractivity contribution in [3.8, 4) is 5.75 Å². The van der Waals surface area contributed by atoms with Crippen molar-refractivity contribution >= 4 is 23.0 Å².